The van der Waals surface area contributed by atoms with Crippen molar-refractivity contribution in [3.8, 4) is 17.2 Å². The van der Waals surface area contributed by atoms with E-state index in [1.54, 1.807) is 55.5 Å². The molecule has 0 bridgehead atoms. The van der Waals surface area contributed by atoms with Crippen LogP contribution in [0, 0.1) is 17.0 Å². The Balaban J connectivity index is 1.82. The molecule has 10 heteroatoms. The van der Waals surface area contributed by atoms with E-state index < -0.39 is 29.2 Å². The molecule has 7 nitrogen and oxygen atoms in total. The Morgan fingerprint density at radius 1 is 1.06 bits per heavy atom. The zero-order chi connectivity index (χ0) is 25.5. The van der Waals surface area contributed by atoms with E-state index >= 15 is 8.78 Å². The summed E-state index contributed by atoms with van der Waals surface area (Å²) in [5, 5.41) is 7.43. The number of benzene rings is 3. The number of rotatable bonds is 10. The molecule has 0 aliphatic heterocycles. The van der Waals surface area contributed by atoms with Crippen molar-refractivity contribution < 1.29 is 27.8 Å². The van der Waals surface area contributed by atoms with Crippen molar-refractivity contribution in [1.82, 2.24) is 4.42 Å². The van der Waals surface area contributed by atoms with Gasteiger partial charge in [0, 0.05) is 42.1 Å². The molecule has 0 fully saturated rings. The standard InChI is InChI=1S/C25H24ClF2N3O4/c1-3-34-23(25(32)31(26)14-15-7-9-16(10-8-15)24(29)30)22-20(27)12-19(13-21(22)28)35-18-6-4-5-17(11-18)33-2/h4-13,23H,3,14H2,1-2H3,(H3,29,30). The minimum absolute atomic E-state index is 0.00931. The Kier molecular flexibility index (Phi) is 8.62. The summed E-state index contributed by atoms with van der Waals surface area (Å²) in [6, 6.07) is 15.0. The van der Waals surface area contributed by atoms with Crippen LogP contribution in [0.4, 0.5) is 8.78 Å². The van der Waals surface area contributed by atoms with Gasteiger partial charge in [-0.2, -0.15) is 0 Å². The number of hydrogen-bond acceptors (Lipinski definition) is 5. The molecule has 3 aromatic carbocycles. The Morgan fingerprint density at radius 3 is 2.26 bits per heavy atom. The first-order valence-electron chi connectivity index (χ1n) is 10.6. The summed E-state index contributed by atoms with van der Waals surface area (Å²) in [6.07, 6.45) is -1.61. The average Bonchev–Trinajstić information content (AvgIpc) is 2.83. The van der Waals surface area contributed by atoms with Crippen LogP contribution in [-0.4, -0.2) is 29.9 Å². The van der Waals surface area contributed by atoms with E-state index in [1.807, 2.05) is 0 Å². The Labute approximate surface area is 206 Å². The summed E-state index contributed by atoms with van der Waals surface area (Å²) in [6.45, 7) is 1.53. The number of methoxy groups -OCH3 is 1. The predicted octanol–water partition coefficient (Wildman–Crippen LogP) is 5.31. The van der Waals surface area contributed by atoms with Gasteiger partial charge in [-0.3, -0.25) is 10.2 Å². The Hall–Kier alpha value is -3.69. The monoisotopic (exact) mass is 503 g/mol. The summed E-state index contributed by atoms with van der Waals surface area (Å²) in [7, 11) is 1.49. The number of nitrogens with one attached hydrogen (secondary N) is 1. The number of amides is 1. The molecule has 0 saturated carbocycles. The predicted molar refractivity (Wildman–Crippen MR) is 128 cm³/mol. The number of hydrogen-bond donors (Lipinski definition) is 2. The van der Waals surface area contributed by atoms with Crippen molar-refractivity contribution in [2.24, 2.45) is 5.73 Å². The molecular weight excluding hydrogens is 480 g/mol. The van der Waals surface area contributed by atoms with Crippen LogP contribution < -0.4 is 15.2 Å². The molecular formula is C25H24ClF2N3O4. The lowest BCUT2D eigenvalue weighted by Gasteiger charge is -2.23. The van der Waals surface area contributed by atoms with E-state index in [-0.39, 0.29) is 24.7 Å². The molecule has 0 aromatic heterocycles. The normalized spacial score (nSPS) is 11.6. The second-order valence-electron chi connectivity index (χ2n) is 7.39. The van der Waals surface area contributed by atoms with Gasteiger partial charge in [-0.1, -0.05) is 30.3 Å². The number of nitrogen functional groups attached to an aromatic ring is 1. The highest BCUT2D eigenvalue weighted by molar-refractivity contribution is 6.21. The lowest BCUT2D eigenvalue weighted by atomic mass is 10.1. The smallest absolute Gasteiger partial charge is 0.271 e. The lowest BCUT2D eigenvalue weighted by Crippen LogP contribution is -2.30. The maximum absolute atomic E-state index is 15.0. The topological polar surface area (TPSA) is 97.9 Å². The fraction of sp³-hybridized carbons (Fsp3) is 0.200. The van der Waals surface area contributed by atoms with Crippen LogP contribution in [0.2, 0.25) is 0 Å². The van der Waals surface area contributed by atoms with E-state index in [0.29, 0.717) is 22.6 Å². The fourth-order valence-corrected chi connectivity index (χ4v) is 3.50. The average molecular weight is 504 g/mol. The summed E-state index contributed by atoms with van der Waals surface area (Å²) < 4.78 is 46.9. The van der Waals surface area contributed by atoms with Crippen LogP contribution in [-0.2, 0) is 16.1 Å². The second kappa shape index (κ2) is 11.6. The third-order valence-electron chi connectivity index (χ3n) is 4.97. The largest absolute Gasteiger partial charge is 0.497 e. The molecule has 3 rings (SSSR count). The third kappa shape index (κ3) is 6.46. The van der Waals surface area contributed by atoms with Gasteiger partial charge in [0.05, 0.1) is 19.2 Å². The van der Waals surface area contributed by atoms with Gasteiger partial charge in [0.2, 0.25) is 0 Å². The van der Waals surface area contributed by atoms with Crippen LogP contribution in [0.15, 0.2) is 60.7 Å². The van der Waals surface area contributed by atoms with Gasteiger partial charge >= 0.3 is 0 Å². The first-order chi connectivity index (χ1) is 16.7. The minimum Gasteiger partial charge on any atom is -0.497 e. The number of amidine groups is 1. The molecule has 0 radical (unpaired) electrons. The van der Waals surface area contributed by atoms with Crippen molar-refractivity contribution in [2.75, 3.05) is 13.7 Å². The van der Waals surface area contributed by atoms with Gasteiger partial charge in [-0.25, -0.2) is 13.2 Å². The molecule has 0 spiro atoms. The SMILES string of the molecule is CCOC(C(=O)N(Cl)Cc1ccc(C(=N)N)cc1)c1c(F)cc(Oc2cccc(OC)c2)cc1F. The number of carbonyl (C=O) groups is 1. The van der Waals surface area contributed by atoms with Crippen molar-refractivity contribution in [1.29, 1.82) is 5.41 Å². The van der Waals surface area contributed by atoms with E-state index in [2.05, 4.69) is 0 Å². The third-order valence-corrected chi connectivity index (χ3v) is 5.26. The van der Waals surface area contributed by atoms with E-state index in [4.69, 9.17) is 37.1 Å². The number of ether oxygens (including phenoxy) is 3. The summed E-state index contributed by atoms with van der Waals surface area (Å²) >= 11 is 6.18. The molecule has 0 saturated heterocycles. The highest BCUT2D eigenvalue weighted by Crippen LogP contribution is 2.33. The van der Waals surface area contributed by atoms with E-state index in [9.17, 15) is 4.79 Å². The lowest BCUT2D eigenvalue weighted by molar-refractivity contribution is -0.139. The molecule has 1 unspecified atom stereocenters. The van der Waals surface area contributed by atoms with Gasteiger partial charge in [-0.05, 0) is 24.6 Å². The zero-order valence-corrected chi connectivity index (χ0v) is 19.8. The van der Waals surface area contributed by atoms with Crippen LogP contribution in [0.1, 0.15) is 29.7 Å². The van der Waals surface area contributed by atoms with Crippen LogP contribution in [0.3, 0.4) is 0 Å². The number of carbonyl (C=O) groups excluding carboxylic acids is 1. The molecule has 0 aliphatic carbocycles. The molecule has 0 heterocycles. The molecule has 1 amide bonds. The number of nitrogens with zero attached hydrogens (tertiary/aromatic N) is 1. The molecule has 35 heavy (non-hydrogen) atoms. The maximum Gasteiger partial charge on any atom is 0.271 e. The van der Waals surface area contributed by atoms with Crippen molar-refractivity contribution in [3.05, 3.63) is 89.0 Å². The minimum atomic E-state index is -1.61. The summed E-state index contributed by atoms with van der Waals surface area (Å²) in [5.74, 6) is -2.26. The molecule has 184 valence electrons. The quantitative estimate of drug-likeness (QED) is 0.222. The Bertz CT molecular complexity index is 1180. The van der Waals surface area contributed by atoms with Gasteiger partial charge in [-0.15, -0.1) is 0 Å². The number of nitrogens with two attached hydrogens (primary N) is 1. The fourth-order valence-electron chi connectivity index (χ4n) is 3.27. The van der Waals surface area contributed by atoms with Crippen molar-refractivity contribution in [3.63, 3.8) is 0 Å². The van der Waals surface area contributed by atoms with Gasteiger partial charge in [0.15, 0.2) is 6.10 Å². The van der Waals surface area contributed by atoms with Crippen molar-refractivity contribution >= 4 is 23.5 Å². The van der Waals surface area contributed by atoms with Crippen molar-refractivity contribution in [2.45, 2.75) is 19.6 Å². The van der Waals surface area contributed by atoms with Crippen LogP contribution in [0.5, 0.6) is 17.2 Å². The van der Waals surface area contributed by atoms with Crippen LogP contribution in [0.25, 0.3) is 0 Å². The maximum atomic E-state index is 15.0. The highest BCUT2D eigenvalue weighted by Gasteiger charge is 2.32. The zero-order valence-electron chi connectivity index (χ0n) is 19.1. The molecule has 0 aliphatic rings. The van der Waals surface area contributed by atoms with Crippen LogP contribution >= 0.6 is 11.8 Å². The Morgan fingerprint density at radius 2 is 1.69 bits per heavy atom. The van der Waals surface area contributed by atoms with Gasteiger partial charge < -0.3 is 19.9 Å². The molecule has 3 aromatic rings. The highest BCUT2D eigenvalue weighted by atomic mass is 35.5. The number of halogens is 3. The second-order valence-corrected chi connectivity index (χ2v) is 7.79. The van der Waals surface area contributed by atoms with Gasteiger partial charge in [0.1, 0.15) is 34.7 Å². The molecule has 3 N–H and O–H groups in total. The first-order valence-corrected chi connectivity index (χ1v) is 10.9. The molecule has 1 atom stereocenters. The summed E-state index contributed by atoms with van der Waals surface area (Å²) in [4.78, 5) is 13.0. The summed E-state index contributed by atoms with van der Waals surface area (Å²) in [5.41, 5.74) is 5.99. The van der Waals surface area contributed by atoms with E-state index in [0.717, 1.165) is 16.6 Å². The van der Waals surface area contributed by atoms with Gasteiger partial charge in [0.25, 0.3) is 5.91 Å². The first kappa shape index (κ1) is 25.9. The van der Waals surface area contributed by atoms with E-state index in [1.165, 1.54) is 7.11 Å².